The Kier molecular flexibility index (Phi) is 8.82. The minimum absolute atomic E-state index is 0.538. The van der Waals surface area contributed by atoms with Gasteiger partial charge in [-0.3, -0.25) is 4.90 Å². The average molecular weight is 397 g/mol. The van der Waals surface area contributed by atoms with E-state index in [1.165, 1.54) is 5.56 Å². The third kappa shape index (κ3) is 7.40. The number of benzene rings is 2. The first-order chi connectivity index (χ1) is 14.3. The summed E-state index contributed by atoms with van der Waals surface area (Å²) in [5.41, 5.74) is 2.33. The number of hydrogen-bond acceptors (Lipinski definition) is 4. The summed E-state index contributed by atoms with van der Waals surface area (Å²) in [6, 6.07) is 18.2. The lowest BCUT2D eigenvalue weighted by atomic mass is 10.1. The number of ether oxygens (including phenoxy) is 2. The van der Waals surface area contributed by atoms with E-state index in [0.717, 1.165) is 63.2 Å². The monoisotopic (exact) mass is 396 g/mol. The van der Waals surface area contributed by atoms with Crippen LogP contribution >= 0.6 is 0 Å². The summed E-state index contributed by atoms with van der Waals surface area (Å²) in [7, 11) is 0. The highest BCUT2D eigenvalue weighted by molar-refractivity contribution is 5.79. The van der Waals surface area contributed by atoms with Crippen LogP contribution in [0.1, 0.15) is 18.1 Å². The molecule has 1 aliphatic heterocycles. The minimum atomic E-state index is 0.538. The first-order valence-electron chi connectivity index (χ1n) is 10.4. The zero-order chi connectivity index (χ0) is 20.2. The number of aliphatic imine (C=N–C) groups is 1. The van der Waals surface area contributed by atoms with Crippen LogP contribution in [0.4, 0.5) is 0 Å². The van der Waals surface area contributed by atoms with Crippen molar-refractivity contribution in [2.75, 3.05) is 45.9 Å². The maximum atomic E-state index is 5.92. The van der Waals surface area contributed by atoms with Gasteiger partial charge in [-0.15, -0.1) is 0 Å². The Morgan fingerprint density at radius 1 is 1.00 bits per heavy atom. The average Bonchev–Trinajstić information content (AvgIpc) is 2.78. The molecule has 2 N–H and O–H groups in total. The van der Waals surface area contributed by atoms with Gasteiger partial charge in [-0.2, -0.15) is 0 Å². The fourth-order valence-corrected chi connectivity index (χ4v) is 3.19. The van der Waals surface area contributed by atoms with Crippen molar-refractivity contribution in [1.82, 2.24) is 15.5 Å². The van der Waals surface area contributed by atoms with Gasteiger partial charge in [0.15, 0.2) is 5.96 Å². The van der Waals surface area contributed by atoms with Crippen molar-refractivity contribution in [1.29, 1.82) is 0 Å². The third-order valence-corrected chi connectivity index (χ3v) is 4.83. The van der Waals surface area contributed by atoms with Gasteiger partial charge in [0.05, 0.1) is 19.8 Å². The van der Waals surface area contributed by atoms with Crippen LogP contribution in [0, 0.1) is 0 Å². The molecule has 1 aliphatic rings. The van der Waals surface area contributed by atoms with Crippen LogP contribution in [0.25, 0.3) is 0 Å². The molecule has 0 bridgehead atoms. The Bertz CT molecular complexity index is 746. The third-order valence-electron chi connectivity index (χ3n) is 4.83. The topological polar surface area (TPSA) is 58.1 Å². The lowest BCUT2D eigenvalue weighted by molar-refractivity contribution is 0.0389. The van der Waals surface area contributed by atoms with Gasteiger partial charge < -0.3 is 20.1 Å². The van der Waals surface area contributed by atoms with Crippen molar-refractivity contribution >= 4 is 5.96 Å². The second-order valence-electron chi connectivity index (χ2n) is 6.95. The highest BCUT2D eigenvalue weighted by Crippen LogP contribution is 2.15. The molecule has 1 heterocycles. The molecule has 0 aromatic heterocycles. The standard InChI is InChI=1S/C23H32N4O2/c1-2-24-23(25-12-13-27-14-16-28-17-15-27)26-18-20-8-6-7-9-21(20)19-29-22-10-4-3-5-11-22/h3-11H,2,12-19H2,1H3,(H2,24,25,26). The van der Waals surface area contributed by atoms with E-state index in [1.54, 1.807) is 0 Å². The highest BCUT2D eigenvalue weighted by atomic mass is 16.5. The van der Waals surface area contributed by atoms with Gasteiger partial charge in [-0.1, -0.05) is 42.5 Å². The number of para-hydroxylation sites is 1. The zero-order valence-electron chi connectivity index (χ0n) is 17.3. The normalized spacial score (nSPS) is 15.1. The van der Waals surface area contributed by atoms with Crippen molar-refractivity contribution < 1.29 is 9.47 Å². The molecule has 29 heavy (non-hydrogen) atoms. The molecule has 1 saturated heterocycles. The molecule has 156 valence electrons. The van der Waals surface area contributed by atoms with Crippen LogP contribution in [0.2, 0.25) is 0 Å². The number of nitrogens with zero attached hydrogens (tertiary/aromatic N) is 2. The van der Waals surface area contributed by atoms with E-state index in [9.17, 15) is 0 Å². The first-order valence-corrected chi connectivity index (χ1v) is 10.4. The Hall–Kier alpha value is -2.57. The molecule has 0 atom stereocenters. The molecule has 6 nitrogen and oxygen atoms in total. The summed E-state index contributed by atoms with van der Waals surface area (Å²) >= 11 is 0. The highest BCUT2D eigenvalue weighted by Gasteiger charge is 2.10. The molecule has 3 rings (SSSR count). The van der Waals surface area contributed by atoms with Crippen LogP contribution in [0.5, 0.6) is 5.75 Å². The van der Waals surface area contributed by atoms with Crippen LogP contribution in [0.15, 0.2) is 59.6 Å². The fourth-order valence-electron chi connectivity index (χ4n) is 3.19. The molecule has 0 unspecified atom stereocenters. The van der Waals surface area contributed by atoms with E-state index in [-0.39, 0.29) is 0 Å². The predicted molar refractivity (Wildman–Crippen MR) is 117 cm³/mol. The van der Waals surface area contributed by atoms with Gasteiger partial charge in [0, 0.05) is 32.7 Å². The summed E-state index contributed by atoms with van der Waals surface area (Å²) in [6.07, 6.45) is 0. The van der Waals surface area contributed by atoms with Crippen molar-refractivity contribution in [3.8, 4) is 5.75 Å². The minimum Gasteiger partial charge on any atom is -0.489 e. The van der Waals surface area contributed by atoms with Crippen LogP contribution in [-0.4, -0.2) is 56.8 Å². The molecule has 0 amide bonds. The van der Waals surface area contributed by atoms with E-state index < -0.39 is 0 Å². The quantitative estimate of drug-likeness (QED) is 0.504. The molecule has 0 saturated carbocycles. The predicted octanol–water partition coefficient (Wildman–Crippen LogP) is 2.65. The van der Waals surface area contributed by atoms with Crippen LogP contribution in [0.3, 0.4) is 0 Å². The van der Waals surface area contributed by atoms with Gasteiger partial charge in [-0.05, 0) is 30.2 Å². The van der Waals surface area contributed by atoms with E-state index in [2.05, 4.69) is 40.7 Å². The number of hydrogen-bond donors (Lipinski definition) is 2. The summed E-state index contributed by atoms with van der Waals surface area (Å²) in [5.74, 6) is 1.73. The second-order valence-corrected chi connectivity index (χ2v) is 6.95. The zero-order valence-corrected chi connectivity index (χ0v) is 17.3. The van der Waals surface area contributed by atoms with Crippen LogP contribution in [-0.2, 0) is 17.9 Å². The van der Waals surface area contributed by atoms with Gasteiger partial charge in [0.2, 0.25) is 0 Å². The Morgan fingerprint density at radius 3 is 2.48 bits per heavy atom. The lowest BCUT2D eigenvalue weighted by Crippen LogP contribution is -2.44. The van der Waals surface area contributed by atoms with Crippen molar-refractivity contribution in [3.05, 3.63) is 65.7 Å². The van der Waals surface area contributed by atoms with Crippen molar-refractivity contribution in [2.24, 2.45) is 4.99 Å². The van der Waals surface area contributed by atoms with Crippen molar-refractivity contribution in [2.45, 2.75) is 20.1 Å². The molecule has 0 aliphatic carbocycles. The summed E-state index contributed by atoms with van der Waals surface area (Å²) in [5, 5.41) is 6.77. The molecule has 2 aromatic carbocycles. The van der Waals surface area contributed by atoms with E-state index in [4.69, 9.17) is 14.5 Å². The van der Waals surface area contributed by atoms with Gasteiger partial charge >= 0.3 is 0 Å². The van der Waals surface area contributed by atoms with Gasteiger partial charge in [0.1, 0.15) is 12.4 Å². The van der Waals surface area contributed by atoms with Gasteiger partial charge in [0.25, 0.3) is 0 Å². The van der Waals surface area contributed by atoms with E-state index in [1.807, 2.05) is 36.4 Å². The number of nitrogens with one attached hydrogen (secondary N) is 2. The molecule has 6 heteroatoms. The maximum Gasteiger partial charge on any atom is 0.191 e. The molecule has 2 aromatic rings. The first kappa shape index (κ1) is 21.1. The molecular formula is C23H32N4O2. The maximum absolute atomic E-state index is 5.92. The van der Waals surface area contributed by atoms with E-state index >= 15 is 0 Å². The number of morpholine rings is 1. The largest absolute Gasteiger partial charge is 0.489 e. The Labute approximate surface area is 173 Å². The van der Waals surface area contributed by atoms with Crippen LogP contribution < -0.4 is 15.4 Å². The SMILES string of the molecule is CCNC(=NCc1ccccc1COc1ccccc1)NCCN1CCOCC1. The fraction of sp³-hybridized carbons (Fsp3) is 0.435. The number of guanidine groups is 1. The lowest BCUT2D eigenvalue weighted by Gasteiger charge is -2.26. The summed E-state index contributed by atoms with van der Waals surface area (Å²) in [4.78, 5) is 7.19. The molecule has 0 spiro atoms. The Balaban J connectivity index is 1.53. The second kappa shape index (κ2) is 12.1. The number of rotatable bonds is 9. The summed E-state index contributed by atoms with van der Waals surface area (Å²) < 4.78 is 11.3. The van der Waals surface area contributed by atoms with Crippen molar-refractivity contribution in [3.63, 3.8) is 0 Å². The molecular weight excluding hydrogens is 364 g/mol. The van der Waals surface area contributed by atoms with Gasteiger partial charge in [-0.25, -0.2) is 4.99 Å². The molecule has 0 radical (unpaired) electrons. The summed E-state index contributed by atoms with van der Waals surface area (Å²) in [6.45, 7) is 9.60. The molecule has 1 fully saturated rings. The smallest absolute Gasteiger partial charge is 0.191 e. The van der Waals surface area contributed by atoms with E-state index in [0.29, 0.717) is 13.2 Å². The Morgan fingerprint density at radius 2 is 1.72 bits per heavy atom.